The normalized spacial score (nSPS) is 18.0. The predicted octanol–water partition coefficient (Wildman–Crippen LogP) is 10.3. The van der Waals surface area contributed by atoms with Crippen LogP contribution >= 0.6 is 8.53 Å². The molecule has 2 heterocycles. The summed E-state index contributed by atoms with van der Waals surface area (Å²) in [5.41, 5.74) is 4.35. The van der Waals surface area contributed by atoms with Gasteiger partial charge in [0.25, 0.3) is 20.1 Å². The zero-order chi connectivity index (χ0) is 49.5. The lowest BCUT2D eigenvalue weighted by atomic mass is 10.1. The highest BCUT2D eigenvalue weighted by atomic mass is 31.2. The highest BCUT2D eigenvalue weighted by Gasteiger charge is 2.41. The van der Waals surface area contributed by atoms with Crippen molar-refractivity contribution >= 4 is 54.3 Å². The third kappa shape index (κ3) is 14.4. The Morgan fingerprint density at radius 3 is 2.49 bits per heavy atom. The molecule has 1 amide bonds. The Bertz CT molecular complexity index is 2490. The molecule has 354 valence electrons. The maximum absolute atomic E-state index is 12.9. The van der Waals surface area contributed by atoms with Gasteiger partial charge in [-0.25, -0.2) is 4.67 Å². The summed E-state index contributed by atoms with van der Waals surface area (Å²) in [6.07, 6.45) is 1.28. The van der Waals surface area contributed by atoms with Crippen molar-refractivity contribution in [2.45, 2.75) is 118 Å². The molecule has 0 bridgehead atoms. The molecule has 0 aliphatic carbocycles. The summed E-state index contributed by atoms with van der Waals surface area (Å²) < 4.78 is 29.2. The number of nitrogens with zero attached hydrogens (tertiary/aromatic N) is 9. The molecule has 0 radical (unpaired) electrons. The van der Waals surface area contributed by atoms with E-state index in [0.29, 0.717) is 53.4 Å². The van der Waals surface area contributed by atoms with E-state index in [1.807, 2.05) is 63.9 Å². The molecule has 3 aromatic carbocycles. The van der Waals surface area contributed by atoms with Crippen molar-refractivity contribution in [3.05, 3.63) is 106 Å². The zero-order valence-electron chi connectivity index (χ0n) is 40.0. The Hall–Kier alpha value is -6.24. The number of azo groups is 2. The largest absolute Gasteiger partial charge is 0.392 e. The van der Waals surface area contributed by atoms with Gasteiger partial charge in [-0.2, -0.15) is 20.6 Å². The second-order valence-electron chi connectivity index (χ2n) is 16.5. The molecule has 4 unspecified atom stereocenters. The van der Waals surface area contributed by atoms with Gasteiger partial charge in [-0.3, -0.25) is 19.7 Å². The average Bonchev–Trinajstić information content (AvgIpc) is 3.71. The molecule has 2 aliphatic rings. The van der Waals surface area contributed by atoms with Crippen LogP contribution in [0.2, 0.25) is 0 Å². The number of ether oxygens (including phenoxy) is 1. The fourth-order valence-electron chi connectivity index (χ4n) is 7.16. The van der Waals surface area contributed by atoms with E-state index in [1.165, 1.54) is 12.1 Å². The van der Waals surface area contributed by atoms with Gasteiger partial charge in [-0.1, -0.05) is 24.5 Å². The number of carbonyl (C=O) groups excluding carboxylic acids is 2. The van der Waals surface area contributed by atoms with Crippen LogP contribution in [0.1, 0.15) is 84.8 Å². The van der Waals surface area contributed by atoms with Crippen molar-refractivity contribution < 1.29 is 34.8 Å². The first-order valence-corrected chi connectivity index (χ1v) is 23.0. The lowest BCUT2D eigenvalue weighted by Gasteiger charge is -2.37. The molecule has 19 heteroatoms. The van der Waals surface area contributed by atoms with Gasteiger partial charge >= 0.3 is 0 Å². The molecular formula is C48H59N10O8P. The van der Waals surface area contributed by atoms with Crippen LogP contribution in [0.4, 0.5) is 34.1 Å². The Morgan fingerprint density at radius 2 is 1.82 bits per heavy atom. The first-order valence-electron chi connectivity index (χ1n) is 22.6. The van der Waals surface area contributed by atoms with E-state index in [0.717, 1.165) is 11.3 Å². The topological polar surface area (TPSA) is 220 Å². The summed E-state index contributed by atoms with van der Waals surface area (Å²) in [5.74, 6) is 5.49. The SMILES string of the molecule is [2H]CC1OC(N2C=C(C#CCC(=O)CCCN(C)c3ccc(N=Nc4cc(C)c(N=Nc5ccc(C)cc5[N+](=O)[O-])cc4CO)cc3)C(=O)NC2=C)CC1OP(OCCC#N)N(C(C)C)C(C)C. The minimum absolute atomic E-state index is 0.0359. The molecule has 0 saturated carbocycles. The van der Waals surface area contributed by atoms with E-state index < -0.39 is 37.8 Å². The molecule has 1 saturated heterocycles. The van der Waals surface area contributed by atoms with Crippen molar-refractivity contribution in [3.8, 4) is 17.9 Å². The summed E-state index contributed by atoms with van der Waals surface area (Å²) in [6.45, 7) is 16.2. The molecule has 2 N–H and O–H groups in total. The molecule has 5 rings (SSSR count). The van der Waals surface area contributed by atoms with Gasteiger partial charge in [0.1, 0.15) is 23.4 Å². The van der Waals surface area contributed by atoms with Crippen LogP contribution in [-0.2, 0) is 30.0 Å². The molecule has 67 heavy (non-hydrogen) atoms. The number of aliphatic hydroxyl groups is 1. The van der Waals surface area contributed by atoms with E-state index in [1.54, 1.807) is 43.1 Å². The van der Waals surface area contributed by atoms with Crippen LogP contribution in [0, 0.1) is 47.1 Å². The second-order valence-corrected chi connectivity index (χ2v) is 17.9. The van der Waals surface area contributed by atoms with Crippen LogP contribution in [-0.4, -0.2) is 82.0 Å². The van der Waals surface area contributed by atoms with Crippen LogP contribution in [0.15, 0.2) is 99.2 Å². The number of nitro groups is 1. The summed E-state index contributed by atoms with van der Waals surface area (Å²) in [6, 6.07) is 17.7. The number of aliphatic hydroxyl groups excluding tert-OH is 1. The van der Waals surface area contributed by atoms with Gasteiger partial charge in [0, 0.05) is 63.4 Å². The van der Waals surface area contributed by atoms with Gasteiger partial charge in [-0.05, 0) is 108 Å². The first kappa shape index (κ1) is 50.2. The van der Waals surface area contributed by atoms with Crippen LogP contribution in [0.3, 0.4) is 0 Å². The number of nitro benzene ring substituents is 1. The van der Waals surface area contributed by atoms with E-state index in [4.69, 9.17) is 20.4 Å². The van der Waals surface area contributed by atoms with E-state index in [-0.39, 0.29) is 74.2 Å². The Labute approximate surface area is 394 Å². The maximum atomic E-state index is 12.9. The number of nitriles is 1. The maximum Gasteiger partial charge on any atom is 0.296 e. The van der Waals surface area contributed by atoms with E-state index in [2.05, 4.69) is 54.9 Å². The van der Waals surface area contributed by atoms with Gasteiger partial charge in [0.05, 0.1) is 66.3 Å². The Kier molecular flexibility index (Phi) is 18.4. The van der Waals surface area contributed by atoms with Gasteiger partial charge in [0.2, 0.25) is 0 Å². The molecule has 18 nitrogen and oxygen atoms in total. The second kappa shape index (κ2) is 24.5. The lowest BCUT2D eigenvalue weighted by molar-refractivity contribution is -0.384. The standard InChI is InChI=1S/C48H59N10O8P/c1-31(2)57(32(3)4)67(64-24-12-22-49)66-46-28-47(65-35(46)7)56-29-37(48(61)50-36(56)8)13-10-14-41(60)15-11-23-55(9)40-19-17-39(18-20-40)51-54-44-26-34(6)43(27-38(44)30-59)53-52-42-21-16-33(5)25-45(42)58(62)63/h16-21,25-27,29,31-32,35,46-47,59H,8,11-12,14-15,23-24,28,30H2,1-7,9H3,(H,50,61)/i7D. The number of carbonyl (C=O) groups is 2. The molecule has 2 aliphatic heterocycles. The number of hydrogen-bond donors (Lipinski definition) is 2. The van der Waals surface area contributed by atoms with Crippen molar-refractivity contribution in [1.29, 1.82) is 5.26 Å². The summed E-state index contributed by atoms with van der Waals surface area (Å²) in [7, 11) is 0.354. The quantitative estimate of drug-likeness (QED) is 0.0254. The molecule has 3 aromatic rings. The number of amides is 1. The number of ketones is 1. The smallest absolute Gasteiger partial charge is 0.296 e. The Morgan fingerprint density at radius 1 is 1.10 bits per heavy atom. The Balaban J connectivity index is 1.12. The summed E-state index contributed by atoms with van der Waals surface area (Å²) >= 11 is 0. The van der Waals surface area contributed by atoms with Crippen LogP contribution in [0.5, 0.6) is 0 Å². The number of nitrogens with one attached hydrogen (secondary N) is 1. The number of rotatable bonds is 21. The fraction of sp³-hybridized carbons (Fsp3) is 0.438. The van der Waals surface area contributed by atoms with Crippen molar-refractivity contribution in [2.75, 3.05) is 25.1 Å². The van der Waals surface area contributed by atoms with Crippen molar-refractivity contribution in [1.82, 2.24) is 14.9 Å². The minimum atomic E-state index is -1.57. The first-order chi connectivity index (χ1) is 32.5. The number of Topliss-reactive ketones (excluding diaryl/α,β-unsaturated/α-hetero) is 1. The van der Waals surface area contributed by atoms with E-state index in [9.17, 15) is 24.8 Å². The zero-order valence-corrected chi connectivity index (χ0v) is 39.9. The molecule has 0 spiro atoms. The molecule has 1 fully saturated rings. The average molecular weight is 936 g/mol. The van der Waals surface area contributed by atoms with Gasteiger partial charge in [0.15, 0.2) is 5.69 Å². The summed E-state index contributed by atoms with van der Waals surface area (Å²) in [5, 5.41) is 50.4. The predicted molar refractivity (Wildman–Crippen MR) is 256 cm³/mol. The molecular weight excluding hydrogens is 876 g/mol. The van der Waals surface area contributed by atoms with Gasteiger partial charge < -0.3 is 34.0 Å². The monoisotopic (exact) mass is 935 g/mol. The highest BCUT2D eigenvalue weighted by Crippen LogP contribution is 2.49. The lowest BCUT2D eigenvalue weighted by Crippen LogP contribution is -2.42. The number of hydrogen-bond acceptors (Lipinski definition) is 16. The highest BCUT2D eigenvalue weighted by molar-refractivity contribution is 7.44. The van der Waals surface area contributed by atoms with Crippen LogP contribution in [0.25, 0.3) is 0 Å². The molecule has 4 atom stereocenters. The van der Waals surface area contributed by atoms with Crippen molar-refractivity contribution in [3.63, 3.8) is 0 Å². The fourth-order valence-corrected chi connectivity index (χ4v) is 8.92. The van der Waals surface area contributed by atoms with Gasteiger partial charge in [-0.15, -0.1) is 5.11 Å². The minimum Gasteiger partial charge on any atom is -0.392 e. The third-order valence-electron chi connectivity index (χ3n) is 10.6. The number of anilines is 1. The third-order valence-corrected chi connectivity index (χ3v) is 12.8. The van der Waals surface area contributed by atoms with Crippen LogP contribution < -0.4 is 10.2 Å². The van der Waals surface area contributed by atoms with E-state index >= 15 is 0 Å². The summed E-state index contributed by atoms with van der Waals surface area (Å²) in [4.78, 5) is 40.4. The van der Waals surface area contributed by atoms with Crippen molar-refractivity contribution in [2.24, 2.45) is 20.5 Å². The number of aryl methyl sites for hydroxylation is 2. The molecule has 0 aromatic heterocycles. The number of benzene rings is 3.